The van der Waals surface area contributed by atoms with Gasteiger partial charge in [-0.15, -0.1) is 0 Å². The number of nitrogens with zero attached hydrogens (tertiary/aromatic N) is 3. The molecule has 0 radical (unpaired) electrons. The molecule has 2 aliphatic rings. The summed E-state index contributed by atoms with van der Waals surface area (Å²) >= 11 is 1.83. The van der Waals surface area contributed by atoms with Crippen LogP contribution in [0.4, 0.5) is 0 Å². The van der Waals surface area contributed by atoms with Crippen molar-refractivity contribution in [1.82, 2.24) is 15.1 Å². The van der Waals surface area contributed by atoms with E-state index in [2.05, 4.69) is 34.1 Å². The number of guanidine groups is 1. The van der Waals surface area contributed by atoms with Gasteiger partial charge in [-0.1, -0.05) is 6.92 Å². The molecule has 2 saturated heterocycles. The van der Waals surface area contributed by atoms with Crippen LogP contribution in [0.1, 0.15) is 26.2 Å². The first kappa shape index (κ1) is 16.9. The predicted molar refractivity (Wildman–Crippen MR) is 91.2 cm³/mol. The molecule has 0 aromatic heterocycles. The van der Waals surface area contributed by atoms with Gasteiger partial charge in [0.05, 0.1) is 5.60 Å². The lowest BCUT2D eigenvalue weighted by Crippen LogP contribution is -2.50. The zero-order chi connectivity index (χ0) is 15.3. The SMILES string of the molecule is CCN1CCCC1CN(C)C(=NC)NCC1(O)CCSC1. The minimum Gasteiger partial charge on any atom is -0.387 e. The van der Waals surface area contributed by atoms with Crippen LogP contribution in [-0.4, -0.2) is 84.3 Å². The summed E-state index contributed by atoms with van der Waals surface area (Å²) in [5, 5.41) is 13.8. The topological polar surface area (TPSA) is 51.1 Å². The van der Waals surface area contributed by atoms with Crippen molar-refractivity contribution in [3.63, 3.8) is 0 Å². The fourth-order valence-electron chi connectivity index (χ4n) is 3.29. The van der Waals surface area contributed by atoms with Gasteiger partial charge in [0.15, 0.2) is 5.96 Å². The molecule has 2 N–H and O–H groups in total. The van der Waals surface area contributed by atoms with Gasteiger partial charge in [-0.05, 0) is 38.1 Å². The van der Waals surface area contributed by atoms with Gasteiger partial charge in [-0.3, -0.25) is 9.89 Å². The van der Waals surface area contributed by atoms with Gasteiger partial charge in [0.1, 0.15) is 0 Å². The molecule has 6 heteroatoms. The minimum atomic E-state index is -0.565. The van der Waals surface area contributed by atoms with Crippen molar-refractivity contribution in [3.05, 3.63) is 0 Å². The number of hydrogen-bond donors (Lipinski definition) is 2. The maximum Gasteiger partial charge on any atom is 0.193 e. The van der Waals surface area contributed by atoms with E-state index in [1.807, 2.05) is 18.8 Å². The van der Waals surface area contributed by atoms with Gasteiger partial charge < -0.3 is 15.3 Å². The number of aliphatic imine (C=N–C) groups is 1. The van der Waals surface area contributed by atoms with E-state index in [1.54, 1.807) is 0 Å². The summed E-state index contributed by atoms with van der Waals surface area (Å²) in [5.74, 6) is 2.77. The van der Waals surface area contributed by atoms with Crippen LogP contribution in [0.5, 0.6) is 0 Å². The van der Waals surface area contributed by atoms with E-state index >= 15 is 0 Å². The average molecular weight is 314 g/mol. The Morgan fingerprint density at radius 2 is 2.38 bits per heavy atom. The molecular weight excluding hydrogens is 284 g/mol. The third-order valence-electron chi connectivity index (χ3n) is 4.62. The standard InChI is InChI=1S/C15H30N4OS/c1-4-19-8-5-6-13(19)10-18(3)14(16-2)17-11-15(20)7-9-21-12-15/h13,20H,4-12H2,1-3H3,(H,16,17). The number of likely N-dealkylation sites (tertiary alicyclic amines) is 1. The van der Waals surface area contributed by atoms with E-state index in [0.29, 0.717) is 12.6 Å². The first-order valence-corrected chi connectivity index (χ1v) is 9.19. The molecule has 5 nitrogen and oxygen atoms in total. The van der Waals surface area contributed by atoms with Crippen LogP contribution in [0.3, 0.4) is 0 Å². The Labute approximate surface area is 133 Å². The molecule has 2 aliphatic heterocycles. The Kier molecular flexibility index (Phi) is 6.20. The van der Waals surface area contributed by atoms with Crippen molar-refractivity contribution in [2.45, 2.75) is 37.8 Å². The third kappa shape index (κ3) is 4.50. The van der Waals surface area contributed by atoms with Gasteiger partial charge >= 0.3 is 0 Å². The van der Waals surface area contributed by atoms with Crippen LogP contribution >= 0.6 is 11.8 Å². The molecule has 0 aromatic rings. The summed E-state index contributed by atoms with van der Waals surface area (Å²) in [7, 11) is 3.91. The number of likely N-dealkylation sites (N-methyl/N-ethyl adjacent to an activating group) is 2. The van der Waals surface area contributed by atoms with E-state index in [1.165, 1.54) is 19.4 Å². The van der Waals surface area contributed by atoms with E-state index in [-0.39, 0.29) is 0 Å². The molecule has 2 rings (SSSR count). The fraction of sp³-hybridized carbons (Fsp3) is 0.933. The first-order chi connectivity index (χ1) is 10.1. The number of rotatable bonds is 5. The van der Waals surface area contributed by atoms with E-state index in [4.69, 9.17) is 0 Å². The van der Waals surface area contributed by atoms with Gasteiger partial charge in [0, 0.05) is 39.0 Å². The molecule has 0 aromatic carbocycles. The largest absolute Gasteiger partial charge is 0.387 e. The Balaban J connectivity index is 1.82. The zero-order valence-corrected chi connectivity index (χ0v) is 14.5. The smallest absolute Gasteiger partial charge is 0.193 e. The monoisotopic (exact) mass is 314 g/mol. The summed E-state index contributed by atoms with van der Waals surface area (Å²) in [6.07, 6.45) is 3.45. The summed E-state index contributed by atoms with van der Waals surface area (Å²) in [5.41, 5.74) is -0.565. The predicted octanol–water partition coefficient (Wildman–Crippen LogP) is 0.846. The molecule has 0 spiro atoms. The van der Waals surface area contributed by atoms with Crippen LogP contribution in [0.15, 0.2) is 4.99 Å². The highest BCUT2D eigenvalue weighted by atomic mass is 32.2. The average Bonchev–Trinajstić information content (AvgIpc) is 3.09. The molecule has 0 aliphatic carbocycles. The minimum absolute atomic E-state index is 0.565. The van der Waals surface area contributed by atoms with Crippen molar-refractivity contribution >= 4 is 17.7 Å². The van der Waals surface area contributed by atoms with Crippen LogP contribution in [0.25, 0.3) is 0 Å². The van der Waals surface area contributed by atoms with Crippen LogP contribution in [0, 0.1) is 0 Å². The number of aliphatic hydroxyl groups is 1. The summed E-state index contributed by atoms with van der Waals surface area (Å²) in [6, 6.07) is 0.628. The molecule has 0 amide bonds. The highest BCUT2D eigenvalue weighted by Crippen LogP contribution is 2.27. The van der Waals surface area contributed by atoms with Crippen molar-refractivity contribution in [2.75, 3.05) is 51.8 Å². The van der Waals surface area contributed by atoms with Crippen LogP contribution in [0.2, 0.25) is 0 Å². The Morgan fingerprint density at radius 1 is 1.57 bits per heavy atom. The number of hydrogen-bond acceptors (Lipinski definition) is 4. The third-order valence-corrected chi connectivity index (χ3v) is 5.86. The lowest BCUT2D eigenvalue weighted by Gasteiger charge is -2.31. The Hall–Kier alpha value is -0.460. The molecule has 122 valence electrons. The second kappa shape index (κ2) is 7.70. The van der Waals surface area contributed by atoms with Crippen LogP contribution < -0.4 is 5.32 Å². The van der Waals surface area contributed by atoms with Gasteiger partial charge in [-0.2, -0.15) is 11.8 Å². The number of thioether (sulfide) groups is 1. The lowest BCUT2D eigenvalue weighted by atomic mass is 10.0. The zero-order valence-electron chi connectivity index (χ0n) is 13.6. The second-order valence-electron chi connectivity index (χ2n) is 6.23. The molecule has 2 atom stereocenters. The lowest BCUT2D eigenvalue weighted by molar-refractivity contribution is 0.0717. The van der Waals surface area contributed by atoms with E-state index in [0.717, 1.165) is 37.0 Å². The van der Waals surface area contributed by atoms with Crippen molar-refractivity contribution in [1.29, 1.82) is 0 Å². The maximum atomic E-state index is 10.4. The molecular formula is C15H30N4OS. The van der Waals surface area contributed by atoms with Gasteiger partial charge in [-0.25, -0.2) is 0 Å². The quantitative estimate of drug-likeness (QED) is 0.582. The van der Waals surface area contributed by atoms with E-state index in [9.17, 15) is 5.11 Å². The molecule has 2 heterocycles. The maximum absolute atomic E-state index is 10.4. The Bertz CT molecular complexity index is 358. The highest BCUT2D eigenvalue weighted by Gasteiger charge is 2.32. The summed E-state index contributed by atoms with van der Waals surface area (Å²) < 4.78 is 0. The molecule has 0 bridgehead atoms. The number of nitrogens with one attached hydrogen (secondary N) is 1. The molecule has 2 fully saturated rings. The second-order valence-corrected chi connectivity index (χ2v) is 7.34. The molecule has 2 unspecified atom stereocenters. The van der Waals surface area contributed by atoms with Gasteiger partial charge in [0.25, 0.3) is 0 Å². The normalized spacial score (nSPS) is 30.9. The molecule has 0 saturated carbocycles. The Morgan fingerprint density at radius 3 is 3.00 bits per heavy atom. The van der Waals surface area contributed by atoms with E-state index < -0.39 is 5.60 Å². The summed E-state index contributed by atoms with van der Waals surface area (Å²) in [4.78, 5) is 9.11. The highest BCUT2D eigenvalue weighted by molar-refractivity contribution is 7.99. The first-order valence-electron chi connectivity index (χ1n) is 8.04. The van der Waals surface area contributed by atoms with Crippen molar-refractivity contribution < 1.29 is 5.11 Å². The van der Waals surface area contributed by atoms with Crippen molar-refractivity contribution in [3.8, 4) is 0 Å². The van der Waals surface area contributed by atoms with Gasteiger partial charge in [0.2, 0.25) is 0 Å². The molecule has 21 heavy (non-hydrogen) atoms. The summed E-state index contributed by atoms with van der Waals surface area (Å²) in [6.45, 7) is 6.18. The van der Waals surface area contributed by atoms with Crippen LogP contribution in [-0.2, 0) is 0 Å². The fourth-order valence-corrected chi connectivity index (χ4v) is 4.58. The van der Waals surface area contributed by atoms with Crippen molar-refractivity contribution in [2.24, 2.45) is 4.99 Å².